The van der Waals surface area contributed by atoms with E-state index in [0.717, 1.165) is 6.08 Å². The molecule has 0 unspecified atom stereocenters. The Morgan fingerprint density at radius 1 is 0.889 bits per heavy atom. The first kappa shape index (κ1) is 15.9. The van der Waals surface area contributed by atoms with E-state index in [0.29, 0.717) is 0 Å². The minimum Gasteiger partial charge on any atom is -0.462 e. The van der Waals surface area contributed by atoms with E-state index in [1.807, 2.05) is 0 Å². The van der Waals surface area contributed by atoms with Gasteiger partial charge in [-0.15, -0.1) is 0 Å². The molecule has 0 N–H and O–H groups in total. The van der Waals surface area contributed by atoms with Crippen molar-refractivity contribution in [3.8, 4) is 0 Å². The molecule has 0 aliphatic heterocycles. The van der Waals surface area contributed by atoms with Crippen LogP contribution in [0.4, 0.5) is 0 Å². The third kappa shape index (κ3) is 9.14. The van der Waals surface area contributed by atoms with Crippen LogP contribution in [0.25, 0.3) is 0 Å². The summed E-state index contributed by atoms with van der Waals surface area (Å²) in [6.45, 7) is 6.61. The Morgan fingerprint density at radius 3 is 2.00 bits per heavy atom. The van der Waals surface area contributed by atoms with Crippen LogP contribution in [0.15, 0.2) is 25.3 Å². The molecule has 0 aliphatic rings. The molecular formula is C12H16O6. The molecule has 18 heavy (non-hydrogen) atoms. The monoisotopic (exact) mass is 256 g/mol. The van der Waals surface area contributed by atoms with Crippen molar-refractivity contribution in [2.24, 2.45) is 0 Å². The Bertz CT molecular complexity index is 321. The highest BCUT2D eigenvalue weighted by Gasteiger charge is 2.08. The summed E-state index contributed by atoms with van der Waals surface area (Å²) in [5, 5.41) is 0. The minimum atomic E-state index is -0.584. The van der Waals surface area contributed by atoms with Gasteiger partial charge in [-0.05, 0) is 0 Å². The SMILES string of the molecule is C=CCOC(=O)CCC(=O)OCCOC(=O)C=C. The normalized spacial score (nSPS) is 9.11. The Hall–Kier alpha value is -2.11. The zero-order chi connectivity index (χ0) is 13.8. The molecule has 0 aromatic heterocycles. The Kier molecular flexibility index (Phi) is 8.89. The van der Waals surface area contributed by atoms with Gasteiger partial charge >= 0.3 is 17.9 Å². The molecule has 0 amide bonds. The van der Waals surface area contributed by atoms with Crippen molar-refractivity contribution in [3.05, 3.63) is 25.3 Å². The van der Waals surface area contributed by atoms with Crippen LogP contribution < -0.4 is 0 Å². The van der Waals surface area contributed by atoms with Gasteiger partial charge < -0.3 is 14.2 Å². The van der Waals surface area contributed by atoms with Gasteiger partial charge in [-0.2, -0.15) is 0 Å². The number of carbonyl (C=O) groups is 3. The predicted molar refractivity (Wildman–Crippen MR) is 62.5 cm³/mol. The van der Waals surface area contributed by atoms with Crippen molar-refractivity contribution in [1.82, 2.24) is 0 Å². The molecule has 0 rings (SSSR count). The van der Waals surface area contributed by atoms with Gasteiger partial charge in [0.15, 0.2) is 0 Å². The van der Waals surface area contributed by atoms with Crippen LogP contribution in [-0.2, 0) is 28.6 Å². The Balaban J connectivity index is 3.53. The van der Waals surface area contributed by atoms with Crippen LogP contribution in [0.5, 0.6) is 0 Å². The van der Waals surface area contributed by atoms with Gasteiger partial charge in [0, 0.05) is 6.08 Å². The average molecular weight is 256 g/mol. The van der Waals surface area contributed by atoms with Crippen LogP contribution in [0, 0.1) is 0 Å². The number of hydrogen-bond acceptors (Lipinski definition) is 6. The smallest absolute Gasteiger partial charge is 0.330 e. The van der Waals surface area contributed by atoms with E-state index >= 15 is 0 Å². The predicted octanol–water partition coefficient (Wildman–Crippen LogP) is 0.768. The van der Waals surface area contributed by atoms with Crippen LogP contribution in [-0.4, -0.2) is 37.7 Å². The summed E-state index contributed by atoms with van der Waals surface area (Å²) in [4.78, 5) is 32.8. The van der Waals surface area contributed by atoms with Crippen LogP contribution in [0.3, 0.4) is 0 Å². The number of ether oxygens (including phenoxy) is 3. The lowest BCUT2D eigenvalue weighted by molar-refractivity contribution is -0.152. The zero-order valence-electron chi connectivity index (χ0n) is 10.1. The van der Waals surface area contributed by atoms with Crippen molar-refractivity contribution in [3.63, 3.8) is 0 Å². The maximum Gasteiger partial charge on any atom is 0.330 e. The molecule has 0 heterocycles. The fraction of sp³-hybridized carbons (Fsp3) is 0.417. The quantitative estimate of drug-likeness (QED) is 0.199. The van der Waals surface area contributed by atoms with Gasteiger partial charge in [-0.25, -0.2) is 4.79 Å². The second-order valence-corrected chi connectivity index (χ2v) is 3.06. The van der Waals surface area contributed by atoms with E-state index in [1.54, 1.807) is 0 Å². The molecule has 0 fully saturated rings. The van der Waals surface area contributed by atoms with Crippen LogP contribution in [0.1, 0.15) is 12.8 Å². The van der Waals surface area contributed by atoms with E-state index in [9.17, 15) is 14.4 Å². The van der Waals surface area contributed by atoms with Crippen molar-refractivity contribution >= 4 is 17.9 Å². The molecule has 0 aliphatic carbocycles. The molecule has 100 valence electrons. The van der Waals surface area contributed by atoms with Gasteiger partial charge in [0.25, 0.3) is 0 Å². The van der Waals surface area contributed by atoms with Crippen molar-refractivity contribution in [1.29, 1.82) is 0 Å². The van der Waals surface area contributed by atoms with Crippen LogP contribution >= 0.6 is 0 Å². The summed E-state index contributed by atoms with van der Waals surface area (Å²) >= 11 is 0. The molecule has 0 spiro atoms. The lowest BCUT2D eigenvalue weighted by Crippen LogP contribution is -2.14. The zero-order valence-corrected chi connectivity index (χ0v) is 10.1. The van der Waals surface area contributed by atoms with Crippen molar-refractivity contribution in [2.75, 3.05) is 19.8 Å². The molecular weight excluding hydrogens is 240 g/mol. The molecule has 6 nitrogen and oxygen atoms in total. The standard InChI is InChI=1S/C12H16O6/c1-3-7-16-11(14)5-6-12(15)18-9-8-17-10(13)4-2/h3-4H,1-2,5-9H2. The summed E-state index contributed by atoms with van der Waals surface area (Å²) in [6, 6.07) is 0. The highest BCUT2D eigenvalue weighted by Crippen LogP contribution is 1.96. The van der Waals surface area contributed by atoms with E-state index in [4.69, 9.17) is 4.74 Å². The van der Waals surface area contributed by atoms with Crippen molar-refractivity contribution < 1.29 is 28.6 Å². The Labute approximate surface area is 105 Å². The fourth-order valence-corrected chi connectivity index (χ4v) is 0.857. The van der Waals surface area contributed by atoms with Crippen LogP contribution in [0.2, 0.25) is 0 Å². The molecule has 6 heteroatoms. The molecule has 0 aromatic rings. The van der Waals surface area contributed by atoms with E-state index in [-0.39, 0.29) is 32.7 Å². The molecule has 0 atom stereocenters. The third-order valence-corrected chi connectivity index (χ3v) is 1.65. The number of esters is 3. The minimum absolute atomic E-state index is 0.0441. The molecule has 0 saturated heterocycles. The first-order valence-electron chi connectivity index (χ1n) is 5.31. The number of hydrogen-bond donors (Lipinski definition) is 0. The van der Waals surface area contributed by atoms with Gasteiger partial charge in [-0.3, -0.25) is 9.59 Å². The summed E-state index contributed by atoms with van der Waals surface area (Å²) in [6.07, 6.45) is 2.31. The highest BCUT2D eigenvalue weighted by atomic mass is 16.6. The molecule has 0 radical (unpaired) electrons. The lowest BCUT2D eigenvalue weighted by atomic mass is 10.3. The number of rotatable bonds is 9. The van der Waals surface area contributed by atoms with E-state index < -0.39 is 17.9 Å². The maximum atomic E-state index is 11.1. The average Bonchev–Trinajstić information content (AvgIpc) is 2.38. The third-order valence-electron chi connectivity index (χ3n) is 1.65. The fourth-order valence-electron chi connectivity index (χ4n) is 0.857. The van der Waals surface area contributed by atoms with Crippen molar-refractivity contribution in [2.45, 2.75) is 12.8 Å². The molecule has 0 aromatic carbocycles. The molecule has 0 saturated carbocycles. The maximum absolute atomic E-state index is 11.1. The topological polar surface area (TPSA) is 78.9 Å². The van der Waals surface area contributed by atoms with Gasteiger partial charge in [0.05, 0.1) is 12.8 Å². The summed E-state index contributed by atoms with van der Waals surface area (Å²) < 4.78 is 14.0. The first-order valence-corrected chi connectivity index (χ1v) is 5.31. The highest BCUT2D eigenvalue weighted by molar-refractivity contribution is 5.81. The second kappa shape index (κ2) is 10.1. The Morgan fingerprint density at radius 2 is 1.44 bits per heavy atom. The second-order valence-electron chi connectivity index (χ2n) is 3.06. The van der Waals surface area contributed by atoms with Gasteiger partial charge in [0.2, 0.25) is 0 Å². The summed E-state index contributed by atoms with van der Waals surface area (Å²) in [7, 11) is 0. The summed E-state index contributed by atoms with van der Waals surface area (Å²) in [5.41, 5.74) is 0. The molecule has 0 bridgehead atoms. The largest absolute Gasteiger partial charge is 0.462 e. The number of carbonyl (C=O) groups excluding carboxylic acids is 3. The van der Waals surface area contributed by atoms with E-state index in [2.05, 4.69) is 22.6 Å². The van der Waals surface area contributed by atoms with Gasteiger partial charge in [-0.1, -0.05) is 19.2 Å². The van der Waals surface area contributed by atoms with E-state index in [1.165, 1.54) is 6.08 Å². The first-order chi connectivity index (χ1) is 8.60. The summed E-state index contributed by atoms with van der Waals surface area (Å²) in [5.74, 6) is -1.64. The van der Waals surface area contributed by atoms with Gasteiger partial charge in [0.1, 0.15) is 19.8 Å². The lowest BCUT2D eigenvalue weighted by Gasteiger charge is -2.05.